The van der Waals surface area contributed by atoms with E-state index < -0.39 is 6.04 Å². The van der Waals surface area contributed by atoms with Crippen molar-refractivity contribution < 1.29 is 19.1 Å². The molecule has 2 aliphatic heterocycles. The molecule has 4 bridgehead atoms. The Morgan fingerprint density at radius 3 is 2.49 bits per heavy atom. The van der Waals surface area contributed by atoms with Crippen molar-refractivity contribution >= 4 is 50.2 Å². The minimum atomic E-state index is -0.627. The topological polar surface area (TPSA) is 132 Å². The average molecular weight is 729 g/mol. The number of Topliss-reactive ketones (excluding diaryl/α,β-unsaturated/α-hetero) is 1. The molecule has 0 spiro atoms. The molecule has 2 amide bonds. The number of hydrogen-bond donors (Lipinski definition) is 1. The minimum absolute atomic E-state index is 0.00413. The van der Waals surface area contributed by atoms with Gasteiger partial charge in [-0.25, -0.2) is 15.0 Å². The van der Waals surface area contributed by atoms with Gasteiger partial charge in [0.05, 0.1) is 12.1 Å². The summed E-state index contributed by atoms with van der Waals surface area (Å²) >= 11 is 3.41. The van der Waals surface area contributed by atoms with E-state index in [2.05, 4.69) is 41.3 Å². The van der Waals surface area contributed by atoms with Crippen molar-refractivity contribution in [1.29, 1.82) is 0 Å². The number of hydrogen-bond acceptors (Lipinski definition) is 8. The fourth-order valence-corrected chi connectivity index (χ4v) is 8.03. The number of aromatic nitrogens is 5. The quantitative estimate of drug-likeness (QED) is 0.176. The van der Waals surface area contributed by atoms with E-state index in [0.29, 0.717) is 45.9 Å². The third-order valence-electron chi connectivity index (χ3n) is 10.5. The number of ketones is 1. The molecule has 12 heteroatoms. The lowest BCUT2D eigenvalue weighted by atomic mass is 9.92. The lowest BCUT2D eigenvalue weighted by Crippen LogP contribution is -2.47. The SMILES string of the molecule is CC(=O)c1nn2c3cc(c(-c4cnc(C)nc4)cc13)OCCCCCCCCC[C@@]13C[C@@H](C(=O)Nc4nc(Br)ccc4C)N(C(=O)C2)[C@@H]1C3. The number of halogens is 1. The molecule has 1 aromatic carbocycles. The van der Waals surface area contributed by atoms with Crippen molar-refractivity contribution in [3.8, 4) is 16.9 Å². The number of amides is 2. The van der Waals surface area contributed by atoms with E-state index in [9.17, 15) is 14.4 Å². The minimum Gasteiger partial charge on any atom is -0.493 e. The molecule has 4 aromatic rings. The molecule has 3 aliphatic rings. The van der Waals surface area contributed by atoms with Gasteiger partial charge < -0.3 is 15.0 Å². The summed E-state index contributed by atoms with van der Waals surface area (Å²) in [6.07, 6.45) is 13.8. The van der Waals surface area contributed by atoms with Gasteiger partial charge in [0.1, 0.15) is 40.3 Å². The van der Waals surface area contributed by atoms with Gasteiger partial charge >= 0.3 is 0 Å². The molecule has 256 valence electrons. The molecule has 5 heterocycles. The lowest BCUT2D eigenvalue weighted by molar-refractivity contribution is -0.138. The highest BCUT2D eigenvalue weighted by atomic mass is 79.9. The summed E-state index contributed by atoms with van der Waals surface area (Å²) in [7, 11) is 0. The van der Waals surface area contributed by atoms with Gasteiger partial charge in [-0.2, -0.15) is 5.10 Å². The maximum absolute atomic E-state index is 14.4. The summed E-state index contributed by atoms with van der Waals surface area (Å²) in [5.74, 6) is 1.13. The van der Waals surface area contributed by atoms with Crippen molar-refractivity contribution in [2.45, 2.75) is 104 Å². The van der Waals surface area contributed by atoms with Gasteiger partial charge in [0.15, 0.2) is 5.78 Å². The third kappa shape index (κ3) is 6.71. The number of ether oxygens (including phenoxy) is 1. The summed E-state index contributed by atoms with van der Waals surface area (Å²) in [5.41, 5.74) is 3.23. The smallest absolute Gasteiger partial charge is 0.248 e. The highest BCUT2D eigenvalue weighted by Gasteiger charge is 2.66. The number of aryl methyl sites for hydroxylation is 2. The van der Waals surface area contributed by atoms with Crippen molar-refractivity contribution in [2.75, 3.05) is 11.9 Å². The van der Waals surface area contributed by atoms with Crippen LogP contribution in [-0.4, -0.2) is 65.9 Å². The molecule has 1 aliphatic carbocycles. The number of pyridine rings is 1. The zero-order valence-electron chi connectivity index (χ0n) is 28.3. The second-order valence-corrected chi connectivity index (χ2v) is 14.7. The van der Waals surface area contributed by atoms with Crippen LogP contribution < -0.4 is 10.1 Å². The van der Waals surface area contributed by atoms with Crippen molar-refractivity contribution in [3.63, 3.8) is 0 Å². The molecule has 0 radical (unpaired) electrons. The summed E-state index contributed by atoms with van der Waals surface area (Å²) in [5, 5.41) is 8.33. The van der Waals surface area contributed by atoms with E-state index in [1.807, 2.05) is 38.1 Å². The number of piperidine rings is 1. The van der Waals surface area contributed by atoms with Crippen LogP contribution in [-0.2, 0) is 16.1 Å². The number of nitrogens with one attached hydrogen (secondary N) is 1. The van der Waals surface area contributed by atoms with Crippen LogP contribution in [0.3, 0.4) is 0 Å². The van der Waals surface area contributed by atoms with Crippen LogP contribution in [0, 0.1) is 19.3 Å². The number of nitrogens with zero attached hydrogens (tertiary/aromatic N) is 6. The molecule has 2 fully saturated rings. The second-order valence-electron chi connectivity index (χ2n) is 13.9. The molecule has 3 aromatic heterocycles. The number of fused-ring (bicyclic) bond motifs is 1. The van der Waals surface area contributed by atoms with Gasteiger partial charge in [0.2, 0.25) is 11.8 Å². The highest BCUT2D eigenvalue weighted by molar-refractivity contribution is 9.10. The zero-order valence-corrected chi connectivity index (χ0v) is 29.9. The monoisotopic (exact) mass is 727 g/mol. The Morgan fingerprint density at radius 1 is 1.00 bits per heavy atom. The first kappa shape index (κ1) is 33.3. The van der Waals surface area contributed by atoms with Gasteiger partial charge in [0.25, 0.3) is 0 Å². The molecular weight excluding hydrogens is 686 g/mol. The highest BCUT2D eigenvalue weighted by Crippen LogP contribution is 2.62. The predicted octanol–water partition coefficient (Wildman–Crippen LogP) is 6.98. The van der Waals surface area contributed by atoms with E-state index in [1.54, 1.807) is 22.0 Å². The van der Waals surface area contributed by atoms with Crippen molar-refractivity contribution in [3.05, 3.63) is 58.3 Å². The van der Waals surface area contributed by atoms with E-state index in [-0.39, 0.29) is 41.3 Å². The maximum atomic E-state index is 14.4. The maximum Gasteiger partial charge on any atom is 0.248 e. The summed E-state index contributed by atoms with van der Waals surface area (Å²) in [4.78, 5) is 56.3. The van der Waals surface area contributed by atoms with Crippen LogP contribution in [0.2, 0.25) is 0 Å². The Balaban J connectivity index is 1.27. The van der Waals surface area contributed by atoms with Gasteiger partial charge in [0, 0.05) is 47.9 Å². The molecule has 1 saturated heterocycles. The molecule has 1 N–H and O–H groups in total. The Bertz CT molecular complexity index is 1930. The van der Waals surface area contributed by atoms with Crippen LogP contribution in [0.25, 0.3) is 22.0 Å². The number of carbonyl (C=O) groups is 3. The zero-order chi connectivity index (χ0) is 34.3. The summed E-state index contributed by atoms with van der Waals surface area (Å²) in [6.45, 7) is 5.64. The van der Waals surface area contributed by atoms with Crippen LogP contribution in [0.1, 0.15) is 93.0 Å². The lowest BCUT2D eigenvalue weighted by Gasteiger charge is -2.27. The van der Waals surface area contributed by atoms with Crippen molar-refractivity contribution in [1.82, 2.24) is 29.6 Å². The molecule has 0 unspecified atom stereocenters. The van der Waals surface area contributed by atoms with Crippen LogP contribution in [0.4, 0.5) is 5.82 Å². The summed E-state index contributed by atoms with van der Waals surface area (Å²) in [6, 6.07) is 6.88. The van der Waals surface area contributed by atoms with E-state index in [1.165, 1.54) is 19.8 Å². The van der Waals surface area contributed by atoms with Gasteiger partial charge in [-0.1, -0.05) is 44.6 Å². The fraction of sp³-hybridized carbons (Fsp3) is 0.486. The molecular formula is C37H42BrN7O4. The van der Waals surface area contributed by atoms with E-state index in [0.717, 1.165) is 61.6 Å². The fourth-order valence-electron chi connectivity index (χ4n) is 7.72. The average Bonchev–Trinajstić information content (AvgIpc) is 3.50. The molecule has 1 saturated carbocycles. The predicted molar refractivity (Wildman–Crippen MR) is 189 cm³/mol. The number of carbonyl (C=O) groups excluding carboxylic acids is 3. The number of anilines is 1. The molecule has 3 atom stereocenters. The second kappa shape index (κ2) is 13.6. The molecule has 49 heavy (non-hydrogen) atoms. The Labute approximate surface area is 294 Å². The first-order chi connectivity index (χ1) is 23.6. The van der Waals surface area contributed by atoms with E-state index in [4.69, 9.17) is 4.74 Å². The molecule has 11 nitrogen and oxygen atoms in total. The number of benzene rings is 1. The van der Waals surface area contributed by atoms with E-state index >= 15 is 0 Å². The third-order valence-corrected chi connectivity index (χ3v) is 10.9. The Kier molecular flexibility index (Phi) is 9.25. The van der Waals surface area contributed by atoms with Crippen LogP contribution >= 0.6 is 15.9 Å². The Hall–Kier alpha value is -4.19. The van der Waals surface area contributed by atoms with Crippen molar-refractivity contribution in [2.24, 2.45) is 5.41 Å². The van der Waals surface area contributed by atoms with Gasteiger partial charge in [-0.05, 0) is 78.6 Å². The standard InChI is InChI=1S/C37H42BrN7O4/c1-22-11-12-32(38)41-35(22)42-36(48)29-17-37-13-9-7-5-4-6-8-10-14-49-30-16-28-27(15-26(30)25-19-39-24(3)40-20-25)34(23(2)46)43-44(28)21-33(47)45(29)31(37)18-37/h11-12,15-16,19-20,29,31H,4-10,13-14,17-18,21H2,1-3H3,(H,41,42,48)/t29-,31+,37-/m0/s1. The Morgan fingerprint density at radius 2 is 1.73 bits per heavy atom. The van der Waals surface area contributed by atoms with Gasteiger partial charge in [-0.15, -0.1) is 0 Å². The largest absolute Gasteiger partial charge is 0.493 e. The number of rotatable bonds is 4. The van der Waals surface area contributed by atoms with Crippen LogP contribution in [0.5, 0.6) is 5.75 Å². The normalized spacial score (nSPS) is 22.9. The van der Waals surface area contributed by atoms with Gasteiger partial charge in [-0.3, -0.25) is 19.1 Å². The first-order valence-corrected chi connectivity index (χ1v) is 18.2. The summed E-state index contributed by atoms with van der Waals surface area (Å²) < 4.78 is 8.63. The first-order valence-electron chi connectivity index (χ1n) is 17.4. The molecule has 7 rings (SSSR count). The van der Waals surface area contributed by atoms with Crippen LogP contribution in [0.15, 0.2) is 41.3 Å².